The number of thioether (sulfide) groups is 1. The molecule has 21 heavy (non-hydrogen) atoms. The Morgan fingerprint density at radius 2 is 2.00 bits per heavy atom. The quantitative estimate of drug-likeness (QED) is 0.654. The highest BCUT2D eigenvalue weighted by Crippen LogP contribution is 2.26. The fraction of sp³-hybridized carbons (Fsp3) is 0.786. The summed E-state index contributed by atoms with van der Waals surface area (Å²) in [5, 5.41) is 11.7. The van der Waals surface area contributed by atoms with Crippen LogP contribution in [0.5, 0.6) is 0 Å². The van der Waals surface area contributed by atoms with E-state index in [1.54, 1.807) is 0 Å². The lowest BCUT2D eigenvalue weighted by Gasteiger charge is -2.18. The third kappa shape index (κ3) is 3.90. The van der Waals surface area contributed by atoms with Crippen molar-refractivity contribution in [3.8, 4) is 0 Å². The average Bonchev–Trinajstić information content (AvgIpc) is 2.99. The number of carbonyl (C=O) groups excluding carboxylic acids is 1. The zero-order valence-electron chi connectivity index (χ0n) is 13.2. The first kappa shape index (κ1) is 16.1. The number of hydrogen-bond acceptors (Lipinski definition) is 5. The zero-order chi connectivity index (χ0) is 15.6. The van der Waals surface area contributed by atoms with Crippen LogP contribution in [-0.4, -0.2) is 32.1 Å². The molecule has 6 nitrogen and oxygen atoms in total. The standard InChI is InChI=1S/C14H25N5OS/c1-9(11(20)16-10-7-5-6-8-10)21-13-18-17-12(19(13)15)14(2,3)4/h9-10H,5-8,15H2,1-4H3,(H,16,20). The summed E-state index contributed by atoms with van der Waals surface area (Å²) in [7, 11) is 0. The van der Waals surface area contributed by atoms with Gasteiger partial charge in [0, 0.05) is 11.5 Å². The molecule has 1 aromatic rings. The maximum Gasteiger partial charge on any atom is 0.233 e. The van der Waals surface area contributed by atoms with E-state index in [0.29, 0.717) is 17.0 Å². The van der Waals surface area contributed by atoms with Crippen LogP contribution in [0.15, 0.2) is 5.16 Å². The van der Waals surface area contributed by atoms with E-state index in [-0.39, 0.29) is 16.6 Å². The fourth-order valence-electron chi connectivity index (χ4n) is 2.47. The average molecular weight is 311 g/mol. The van der Waals surface area contributed by atoms with Crippen LogP contribution in [0.2, 0.25) is 0 Å². The topological polar surface area (TPSA) is 85.8 Å². The molecule has 1 saturated carbocycles. The zero-order valence-corrected chi connectivity index (χ0v) is 14.0. The van der Waals surface area contributed by atoms with Crippen LogP contribution in [0.25, 0.3) is 0 Å². The van der Waals surface area contributed by atoms with Gasteiger partial charge in [0.05, 0.1) is 5.25 Å². The molecule has 1 aliphatic rings. The Kier molecular flexibility index (Phi) is 4.81. The number of aromatic nitrogens is 3. The molecule has 1 fully saturated rings. The highest BCUT2D eigenvalue weighted by atomic mass is 32.2. The molecule has 0 radical (unpaired) electrons. The maximum atomic E-state index is 12.2. The number of carbonyl (C=O) groups is 1. The lowest BCUT2D eigenvalue weighted by molar-refractivity contribution is -0.120. The Labute approximate surface area is 130 Å². The first-order valence-electron chi connectivity index (χ1n) is 7.47. The van der Waals surface area contributed by atoms with Crippen LogP contribution in [0.1, 0.15) is 59.2 Å². The molecule has 1 unspecified atom stereocenters. The predicted octanol–water partition coefficient (Wildman–Crippen LogP) is 1.83. The summed E-state index contributed by atoms with van der Waals surface area (Å²) in [5.41, 5.74) is -0.171. The van der Waals surface area contributed by atoms with Gasteiger partial charge >= 0.3 is 0 Å². The molecule has 118 valence electrons. The first-order valence-corrected chi connectivity index (χ1v) is 8.35. The van der Waals surface area contributed by atoms with Crippen LogP contribution in [0.4, 0.5) is 0 Å². The number of rotatable bonds is 4. The molecule has 1 amide bonds. The number of hydrogen-bond donors (Lipinski definition) is 2. The highest BCUT2D eigenvalue weighted by Gasteiger charge is 2.26. The molecular formula is C14H25N5OS. The van der Waals surface area contributed by atoms with Gasteiger partial charge in [-0.3, -0.25) is 4.79 Å². The van der Waals surface area contributed by atoms with Gasteiger partial charge in [-0.05, 0) is 19.8 Å². The molecular weight excluding hydrogens is 286 g/mol. The molecule has 3 N–H and O–H groups in total. The molecule has 1 aliphatic carbocycles. The van der Waals surface area contributed by atoms with Gasteiger partial charge in [0.15, 0.2) is 5.82 Å². The van der Waals surface area contributed by atoms with Gasteiger partial charge in [-0.2, -0.15) is 0 Å². The van der Waals surface area contributed by atoms with E-state index in [1.165, 1.54) is 29.3 Å². The number of amides is 1. The minimum Gasteiger partial charge on any atom is -0.352 e. The van der Waals surface area contributed by atoms with Crippen molar-refractivity contribution in [2.75, 3.05) is 5.84 Å². The summed E-state index contributed by atoms with van der Waals surface area (Å²) in [5.74, 6) is 6.81. The van der Waals surface area contributed by atoms with Crippen molar-refractivity contribution in [2.45, 2.75) is 75.2 Å². The van der Waals surface area contributed by atoms with E-state index in [2.05, 4.69) is 15.5 Å². The van der Waals surface area contributed by atoms with Crippen molar-refractivity contribution in [3.63, 3.8) is 0 Å². The van der Waals surface area contributed by atoms with Gasteiger partial charge in [-0.25, -0.2) is 4.68 Å². The Morgan fingerprint density at radius 1 is 1.38 bits per heavy atom. The number of nitrogen functional groups attached to an aromatic ring is 1. The summed E-state index contributed by atoms with van der Waals surface area (Å²) in [6.07, 6.45) is 4.59. The molecule has 1 atom stereocenters. The summed E-state index contributed by atoms with van der Waals surface area (Å²) in [6, 6.07) is 0.335. The second kappa shape index (κ2) is 6.25. The summed E-state index contributed by atoms with van der Waals surface area (Å²) in [6.45, 7) is 7.97. The molecule has 1 heterocycles. The van der Waals surface area contributed by atoms with Crippen molar-refractivity contribution >= 4 is 17.7 Å². The van der Waals surface area contributed by atoms with Crippen LogP contribution < -0.4 is 11.2 Å². The second-order valence-corrected chi connectivity index (χ2v) is 7.98. The van der Waals surface area contributed by atoms with Gasteiger partial charge in [0.1, 0.15) is 0 Å². The molecule has 2 rings (SSSR count). The van der Waals surface area contributed by atoms with Crippen LogP contribution >= 0.6 is 11.8 Å². The smallest absolute Gasteiger partial charge is 0.233 e. The summed E-state index contributed by atoms with van der Waals surface area (Å²) >= 11 is 1.35. The first-order chi connectivity index (χ1) is 9.79. The largest absolute Gasteiger partial charge is 0.352 e. The normalized spacial score (nSPS) is 17.9. The summed E-state index contributed by atoms with van der Waals surface area (Å²) in [4.78, 5) is 12.2. The van der Waals surface area contributed by atoms with Gasteiger partial charge in [-0.15, -0.1) is 10.2 Å². The number of nitrogens with zero attached hydrogens (tertiary/aromatic N) is 3. The van der Waals surface area contributed by atoms with Crippen LogP contribution in [-0.2, 0) is 10.2 Å². The van der Waals surface area contributed by atoms with E-state index >= 15 is 0 Å². The Hall–Kier alpha value is -1.24. The van der Waals surface area contributed by atoms with Crippen LogP contribution in [0, 0.1) is 0 Å². The molecule has 0 aromatic carbocycles. The Morgan fingerprint density at radius 3 is 2.52 bits per heavy atom. The van der Waals surface area contributed by atoms with Crippen molar-refractivity contribution in [1.82, 2.24) is 20.2 Å². The van der Waals surface area contributed by atoms with E-state index < -0.39 is 0 Å². The molecule has 7 heteroatoms. The third-order valence-electron chi connectivity index (χ3n) is 3.69. The predicted molar refractivity (Wildman–Crippen MR) is 84.6 cm³/mol. The number of nitrogens with one attached hydrogen (secondary N) is 1. The monoisotopic (exact) mass is 311 g/mol. The summed E-state index contributed by atoms with van der Waals surface area (Å²) < 4.78 is 1.49. The van der Waals surface area contributed by atoms with Gasteiger partial charge in [-0.1, -0.05) is 45.4 Å². The van der Waals surface area contributed by atoms with E-state index in [0.717, 1.165) is 12.8 Å². The maximum absolute atomic E-state index is 12.2. The van der Waals surface area contributed by atoms with Crippen molar-refractivity contribution in [3.05, 3.63) is 5.82 Å². The SMILES string of the molecule is CC(Sc1nnc(C(C)(C)C)n1N)C(=O)NC1CCCC1. The lowest BCUT2D eigenvalue weighted by atomic mass is 9.96. The molecule has 0 bridgehead atoms. The van der Waals surface area contributed by atoms with E-state index in [9.17, 15) is 4.79 Å². The minimum atomic E-state index is -0.232. The Bertz CT molecular complexity index is 502. The fourth-order valence-corrected chi connectivity index (χ4v) is 3.25. The number of nitrogens with two attached hydrogens (primary N) is 1. The van der Waals surface area contributed by atoms with Crippen molar-refractivity contribution in [2.24, 2.45) is 0 Å². The van der Waals surface area contributed by atoms with Crippen LogP contribution in [0.3, 0.4) is 0 Å². The Balaban J connectivity index is 1.97. The molecule has 0 aliphatic heterocycles. The molecule has 1 aromatic heterocycles. The highest BCUT2D eigenvalue weighted by molar-refractivity contribution is 8.00. The minimum absolute atomic E-state index is 0.0483. The second-order valence-electron chi connectivity index (χ2n) is 6.68. The molecule has 0 saturated heterocycles. The molecule has 0 spiro atoms. The van der Waals surface area contributed by atoms with E-state index in [1.807, 2.05) is 27.7 Å². The van der Waals surface area contributed by atoms with Gasteiger partial charge < -0.3 is 11.2 Å². The van der Waals surface area contributed by atoms with E-state index in [4.69, 9.17) is 5.84 Å². The van der Waals surface area contributed by atoms with Crippen molar-refractivity contribution < 1.29 is 4.79 Å². The van der Waals surface area contributed by atoms with Gasteiger partial charge in [0.2, 0.25) is 11.1 Å². The lowest BCUT2D eigenvalue weighted by Crippen LogP contribution is -2.38. The van der Waals surface area contributed by atoms with Gasteiger partial charge in [0.25, 0.3) is 0 Å². The van der Waals surface area contributed by atoms with Crippen molar-refractivity contribution in [1.29, 1.82) is 0 Å². The third-order valence-corrected chi connectivity index (χ3v) is 4.75.